The molecule has 0 bridgehead atoms. The molecule has 102 valence electrons. The fourth-order valence-electron chi connectivity index (χ4n) is 2.34. The first-order chi connectivity index (χ1) is 8.55. The molecule has 0 amide bonds. The van der Waals surface area contributed by atoms with Crippen LogP contribution in [0.4, 0.5) is 0 Å². The largest absolute Gasteiger partial charge is 0.300 e. The summed E-state index contributed by atoms with van der Waals surface area (Å²) in [7, 11) is 2.17. The molecule has 0 aliphatic carbocycles. The Hall–Kier alpha value is -0.540. The predicted molar refractivity (Wildman–Crippen MR) is 82.2 cm³/mol. The van der Waals surface area contributed by atoms with Crippen molar-refractivity contribution in [3.8, 4) is 0 Å². The fraction of sp³-hybridized carbons (Fsp3) is 0.667. The summed E-state index contributed by atoms with van der Waals surface area (Å²) in [5.41, 5.74) is 2.58. The van der Waals surface area contributed by atoms with Crippen molar-refractivity contribution in [3.05, 3.63) is 29.6 Å². The molecule has 0 saturated carbocycles. The third kappa shape index (κ3) is 4.29. The van der Waals surface area contributed by atoms with Crippen molar-refractivity contribution >= 4 is 12.6 Å². The Morgan fingerprint density at radius 3 is 2.44 bits per heavy atom. The lowest BCUT2D eigenvalue weighted by molar-refractivity contribution is 0.178. The van der Waals surface area contributed by atoms with Crippen LogP contribution in [-0.4, -0.2) is 29.2 Å². The molecule has 0 radical (unpaired) electrons. The SMILES string of the molecule is CCC(CC)(CS)CN(C)Cc1cccc(C)n1. The van der Waals surface area contributed by atoms with Gasteiger partial charge in [0.2, 0.25) is 0 Å². The van der Waals surface area contributed by atoms with E-state index >= 15 is 0 Å². The van der Waals surface area contributed by atoms with Crippen LogP contribution in [0.5, 0.6) is 0 Å². The lowest BCUT2D eigenvalue weighted by atomic mass is 9.84. The lowest BCUT2D eigenvalue weighted by Crippen LogP contribution is -2.36. The molecule has 0 atom stereocenters. The zero-order chi connectivity index (χ0) is 13.6. The number of nitrogens with zero attached hydrogens (tertiary/aromatic N) is 2. The molecule has 0 fully saturated rings. The molecule has 0 spiro atoms. The van der Waals surface area contributed by atoms with Gasteiger partial charge >= 0.3 is 0 Å². The van der Waals surface area contributed by atoms with Crippen LogP contribution in [0.1, 0.15) is 38.1 Å². The molecule has 1 rings (SSSR count). The van der Waals surface area contributed by atoms with Gasteiger partial charge in [-0.15, -0.1) is 0 Å². The van der Waals surface area contributed by atoms with Crippen molar-refractivity contribution in [1.29, 1.82) is 0 Å². The van der Waals surface area contributed by atoms with E-state index in [4.69, 9.17) is 0 Å². The van der Waals surface area contributed by atoms with Crippen LogP contribution in [0.25, 0.3) is 0 Å². The van der Waals surface area contributed by atoms with Crippen LogP contribution in [0.15, 0.2) is 18.2 Å². The highest BCUT2D eigenvalue weighted by molar-refractivity contribution is 7.80. The standard InChI is InChI=1S/C15H26N2S/c1-5-15(6-2,12-18)11-17(4)10-14-9-7-8-13(3)16-14/h7-9,18H,5-6,10-12H2,1-4H3. The number of aromatic nitrogens is 1. The second-order valence-corrected chi connectivity index (χ2v) is 5.62. The van der Waals surface area contributed by atoms with Crippen molar-refractivity contribution in [2.45, 2.75) is 40.2 Å². The van der Waals surface area contributed by atoms with Gasteiger partial charge in [0.05, 0.1) is 5.69 Å². The van der Waals surface area contributed by atoms with E-state index in [0.29, 0.717) is 5.41 Å². The molecule has 3 heteroatoms. The summed E-state index contributed by atoms with van der Waals surface area (Å²) in [4.78, 5) is 6.93. The maximum atomic E-state index is 4.56. The maximum absolute atomic E-state index is 4.56. The van der Waals surface area contributed by atoms with Crippen molar-refractivity contribution in [1.82, 2.24) is 9.88 Å². The molecule has 0 aliphatic rings. The Bertz CT molecular complexity index is 353. The highest BCUT2D eigenvalue weighted by Gasteiger charge is 2.26. The molecule has 0 N–H and O–H groups in total. The van der Waals surface area contributed by atoms with Gasteiger partial charge in [-0.05, 0) is 50.1 Å². The average Bonchev–Trinajstić information content (AvgIpc) is 2.36. The average molecular weight is 266 g/mol. The van der Waals surface area contributed by atoms with E-state index in [2.05, 4.69) is 55.5 Å². The minimum atomic E-state index is 0.335. The van der Waals surface area contributed by atoms with E-state index in [1.165, 1.54) is 12.8 Å². The van der Waals surface area contributed by atoms with Crippen LogP contribution in [0.3, 0.4) is 0 Å². The van der Waals surface area contributed by atoms with Crippen LogP contribution in [0, 0.1) is 12.3 Å². The first-order valence-corrected chi connectivity index (χ1v) is 7.40. The van der Waals surface area contributed by atoms with E-state index in [-0.39, 0.29) is 0 Å². The summed E-state index contributed by atoms with van der Waals surface area (Å²) in [5, 5.41) is 0. The highest BCUT2D eigenvalue weighted by atomic mass is 32.1. The van der Waals surface area contributed by atoms with Gasteiger partial charge in [0.25, 0.3) is 0 Å². The molecule has 18 heavy (non-hydrogen) atoms. The van der Waals surface area contributed by atoms with E-state index in [1.54, 1.807) is 0 Å². The quantitative estimate of drug-likeness (QED) is 0.760. The fourth-order valence-corrected chi connectivity index (χ4v) is 2.89. The summed E-state index contributed by atoms with van der Waals surface area (Å²) in [6, 6.07) is 6.22. The summed E-state index contributed by atoms with van der Waals surface area (Å²) < 4.78 is 0. The van der Waals surface area contributed by atoms with Gasteiger partial charge in [0, 0.05) is 18.8 Å². The van der Waals surface area contributed by atoms with E-state index in [0.717, 1.165) is 30.2 Å². The van der Waals surface area contributed by atoms with E-state index in [1.807, 2.05) is 13.0 Å². The minimum absolute atomic E-state index is 0.335. The molecule has 0 aromatic carbocycles. The highest BCUT2D eigenvalue weighted by Crippen LogP contribution is 2.28. The lowest BCUT2D eigenvalue weighted by Gasteiger charge is -2.34. The molecule has 2 nitrogen and oxygen atoms in total. The van der Waals surface area contributed by atoms with Gasteiger partial charge in [-0.25, -0.2) is 0 Å². The second-order valence-electron chi connectivity index (χ2n) is 5.31. The molecule has 1 heterocycles. The first-order valence-electron chi connectivity index (χ1n) is 6.77. The van der Waals surface area contributed by atoms with Gasteiger partial charge in [0.15, 0.2) is 0 Å². The molecule has 0 aliphatic heterocycles. The van der Waals surface area contributed by atoms with Gasteiger partial charge in [-0.3, -0.25) is 9.88 Å². The number of thiol groups is 1. The predicted octanol–water partition coefficient (Wildman–Crippen LogP) is 3.56. The number of rotatable bonds is 7. The van der Waals surface area contributed by atoms with Gasteiger partial charge in [-0.2, -0.15) is 12.6 Å². The third-order valence-electron chi connectivity index (χ3n) is 3.82. The van der Waals surface area contributed by atoms with Crippen molar-refractivity contribution < 1.29 is 0 Å². The van der Waals surface area contributed by atoms with E-state index in [9.17, 15) is 0 Å². The Balaban J connectivity index is 2.63. The summed E-state index contributed by atoms with van der Waals surface area (Å²) in [5.74, 6) is 0.950. The Morgan fingerprint density at radius 2 is 1.94 bits per heavy atom. The summed E-state index contributed by atoms with van der Waals surface area (Å²) >= 11 is 4.54. The Morgan fingerprint density at radius 1 is 1.28 bits per heavy atom. The normalized spacial score (nSPS) is 12.1. The molecule has 0 unspecified atom stereocenters. The monoisotopic (exact) mass is 266 g/mol. The third-order valence-corrected chi connectivity index (χ3v) is 4.49. The summed E-state index contributed by atoms with van der Waals surface area (Å²) in [6.07, 6.45) is 2.36. The Kier molecular flexibility index (Phi) is 6.16. The van der Waals surface area contributed by atoms with Crippen molar-refractivity contribution in [2.75, 3.05) is 19.3 Å². The summed E-state index contributed by atoms with van der Waals surface area (Å²) in [6.45, 7) is 8.56. The number of pyridine rings is 1. The topological polar surface area (TPSA) is 16.1 Å². The van der Waals surface area contributed by atoms with Gasteiger partial charge in [-0.1, -0.05) is 19.9 Å². The zero-order valence-electron chi connectivity index (χ0n) is 12.1. The number of aryl methyl sites for hydroxylation is 1. The second kappa shape index (κ2) is 7.15. The van der Waals surface area contributed by atoms with Crippen LogP contribution >= 0.6 is 12.6 Å². The van der Waals surface area contributed by atoms with Gasteiger partial charge in [0.1, 0.15) is 0 Å². The number of hydrogen-bond acceptors (Lipinski definition) is 3. The van der Waals surface area contributed by atoms with Crippen LogP contribution < -0.4 is 0 Å². The zero-order valence-corrected chi connectivity index (χ0v) is 13.0. The first kappa shape index (κ1) is 15.5. The van der Waals surface area contributed by atoms with Crippen LogP contribution in [-0.2, 0) is 6.54 Å². The minimum Gasteiger partial charge on any atom is -0.300 e. The van der Waals surface area contributed by atoms with Crippen molar-refractivity contribution in [2.24, 2.45) is 5.41 Å². The smallest absolute Gasteiger partial charge is 0.0547 e. The van der Waals surface area contributed by atoms with E-state index < -0.39 is 0 Å². The molecule has 0 saturated heterocycles. The molecule has 1 aromatic heterocycles. The molecular weight excluding hydrogens is 240 g/mol. The Labute approximate surface area is 117 Å². The maximum Gasteiger partial charge on any atom is 0.0547 e. The number of hydrogen-bond donors (Lipinski definition) is 1. The molecule has 1 aromatic rings. The van der Waals surface area contributed by atoms with Gasteiger partial charge < -0.3 is 0 Å². The van der Waals surface area contributed by atoms with Crippen LogP contribution in [0.2, 0.25) is 0 Å². The molecular formula is C15H26N2S. The van der Waals surface area contributed by atoms with Crippen molar-refractivity contribution in [3.63, 3.8) is 0 Å².